The molecule has 0 radical (unpaired) electrons. The van der Waals surface area contributed by atoms with Crippen LogP contribution < -0.4 is 5.32 Å². The maximum atomic E-state index is 14.5. The largest absolute Gasteiger partial charge is 0.466 e. The van der Waals surface area contributed by atoms with Crippen molar-refractivity contribution in [1.82, 2.24) is 4.57 Å². The monoisotopic (exact) mass is 541 g/mol. The predicted octanol–water partition coefficient (Wildman–Crippen LogP) is 5.57. The number of hydrogen-bond acceptors (Lipinski definition) is 6. The number of fused-ring (bicyclic) bond motifs is 1. The fourth-order valence-corrected chi connectivity index (χ4v) is 4.33. The van der Waals surface area contributed by atoms with Crippen molar-refractivity contribution in [3.8, 4) is 0 Å². The summed E-state index contributed by atoms with van der Waals surface area (Å²) < 4.78 is 49.8. The van der Waals surface area contributed by atoms with Crippen molar-refractivity contribution in [2.45, 2.75) is 31.7 Å². The first kappa shape index (κ1) is 27.6. The molecule has 0 aliphatic heterocycles. The SMILES string of the molecule is CCOC(=O)Cc1ccc(NCC(O)(c2cn(Cc3ccccc3)c3cc([N+](=O)[O-])ccc23)C(F)(F)F)cc1. The number of carbonyl (C=O) groups is 1. The van der Waals surface area contributed by atoms with E-state index in [4.69, 9.17) is 4.74 Å². The average molecular weight is 542 g/mol. The molecule has 8 nitrogen and oxygen atoms in total. The summed E-state index contributed by atoms with van der Waals surface area (Å²) >= 11 is 0. The molecule has 0 aliphatic carbocycles. The molecule has 3 aromatic carbocycles. The minimum Gasteiger partial charge on any atom is -0.466 e. The number of nitrogens with zero attached hydrogens (tertiary/aromatic N) is 2. The number of nitro benzene ring substituents is 1. The maximum absolute atomic E-state index is 14.5. The highest BCUT2D eigenvalue weighted by molar-refractivity contribution is 5.87. The number of carbonyl (C=O) groups excluding carboxylic acids is 1. The number of nitro groups is 1. The van der Waals surface area contributed by atoms with Crippen LogP contribution in [-0.4, -0.2) is 39.9 Å². The molecule has 4 aromatic rings. The molecule has 0 bridgehead atoms. The lowest BCUT2D eigenvalue weighted by Gasteiger charge is -2.31. The number of ether oxygens (including phenoxy) is 1. The topological polar surface area (TPSA) is 107 Å². The second kappa shape index (κ2) is 11.2. The Bertz CT molecular complexity index is 1470. The van der Waals surface area contributed by atoms with Crippen LogP contribution in [0.25, 0.3) is 10.9 Å². The fourth-order valence-electron chi connectivity index (χ4n) is 4.33. The van der Waals surface area contributed by atoms with E-state index in [2.05, 4.69) is 5.32 Å². The standard InChI is InChI=1S/C28H26F3N3O5/c1-2-39-26(35)14-19-8-10-21(11-9-19)32-18-27(36,28(29,30)31)24-17-33(16-20-6-4-3-5-7-20)25-15-22(34(37)38)12-13-23(24)25/h3-13,15,17,32,36H,2,14,16,18H2,1H3. The third-order valence-electron chi connectivity index (χ3n) is 6.34. The Hall–Kier alpha value is -4.38. The van der Waals surface area contributed by atoms with Crippen LogP contribution in [0.2, 0.25) is 0 Å². The van der Waals surface area contributed by atoms with Crippen LogP contribution >= 0.6 is 0 Å². The summed E-state index contributed by atoms with van der Waals surface area (Å²) in [5.41, 5.74) is -2.16. The summed E-state index contributed by atoms with van der Waals surface area (Å²) in [5, 5.41) is 25.2. The second-order valence-corrected chi connectivity index (χ2v) is 9.01. The highest BCUT2D eigenvalue weighted by Crippen LogP contribution is 2.43. The molecule has 1 aromatic heterocycles. The molecule has 1 heterocycles. The molecule has 39 heavy (non-hydrogen) atoms. The first-order valence-electron chi connectivity index (χ1n) is 12.1. The normalized spacial score (nSPS) is 13.2. The van der Waals surface area contributed by atoms with Gasteiger partial charge in [-0.15, -0.1) is 0 Å². The summed E-state index contributed by atoms with van der Waals surface area (Å²) in [6, 6.07) is 18.6. The van der Waals surface area contributed by atoms with Gasteiger partial charge in [-0.25, -0.2) is 0 Å². The molecule has 1 atom stereocenters. The molecule has 1 unspecified atom stereocenters. The van der Waals surface area contributed by atoms with Crippen molar-refractivity contribution in [1.29, 1.82) is 0 Å². The van der Waals surface area contributed by atoms with Gasteiger partial charge < -0.3 is 19.7 Å². The lowest BCUT2D eigenvalue weighted by molar-refractivity contribution is -0.384. The Morgan fingerprint density at radius 2 is 1.74 bits per heavy atom. The van der Waals surface area contributed by atoms with Gasteiger partial charge in [0.15, 0.2) is 0 Å². The van der Waals surface area contributed by atoms with Crippen LogP contribution in [0.4, 0.5) is 24.5 Å². The van der Waals surface area contributed by atoms with E-state index in [0.717, 1.165) is 11.6 Å². The van der Waals surface area contributed by atoms with Gasteiger partial charge in [0, 0.05) is 41.5 Å². The number of alkyl halides is 3. The third-order valence-corrected chi connectivity index (χ3v) is 6.34. The van der Waals surface area contributed by atoms with Crippen LogP contribution in [0.15, 0.2) is 79.0 Å². The van der Waals surface area contributed by atoms with Crippen molar-refractivity contribution in [2.75, 3.05) is 18.5 Å². The predicted molar refractivity (Wildman–Crippen MR) is 139 cm³/mol. The lowest BCUT2D eigenvalue weighted by atomic mass is 9.92. The number of halogens is 3. The molecule has 0 spiro atoms. The zero-order valence-electron chi connectivity index (χ0n) is 20.9. The zero-order chi connectivity index (χ0) is 28.2. The van der Waals surface area contributed by atoms with E-state index in [9.17, 15) is 33.2 Å². The molecule has 0 aliphatic rings. The van der Waals surface area contributed by atoms with Crippen LogP contribution in [0.5, 0.6) is 0 Å². The van der Waals surface area contributed by atoms with Gasteiger partial charge in [-0.3, -0.25) is 14.9 Å². The maximum Gasteiger partial charge on any atom is 0.423 e. The highest BCUT2D eigenvalue weighted by atomic mass is 19.4. The zero-order valence-corrected chi connectivity index (χ0v) is 20.9. The average Bonchev–Trinajstić information content (AvgIpc) is 3.26. The van der Waals surface area contributed by atoms with Gasteiger partial charge in [0.25, 0.3) is 5.69 Å². The smallest absolute Gasteiger partial charge is 0.423 e. The van der Waals surface area contributed by atoms with E-state index < -0.39 is 34.8 Å². The Balaban J connectivity index is 1.69. The second-order valence-electron chi connectivity index (χ2n) is 9.01. The van der Waals surface area contributed by atoms with Gasteiger partial charge >= 0.3 is 12.1 Å². The van der Waals surface area contributed by atoms with E-state index >= 15 is 0 Å². The van der Waals surface area contributed by atoms with E-state index in [1.807, 2.05) is 0 Å². The number of aromatic nitrogens is 1. The first-order valence-corrected chi connectivity index (χ1v) is 12.1. The number of benzene rings is 3. The van der Waals surface area contributed by atoms with E-state index in [0.29, 0.717) is 11.3 Å². The van der Waals surface area contributed by atoms with Gasteiger partial charge in [0.1, 0.15) is 0 Å². The number of nitrogens with one attached hydrogen (secondary N) is 1. The van der Waals surface area contributed by atoms with E-state index in [-0.39, 0.29) is 36.2 Å². The van der Waals surface area contributed by atoms with E-state index in [1.54, 1.807) is 49.4 Å². The molecule has 11 heteroatoms. The van der Waals surface area contributed by atoms with Gasteiger partial charge in [0.2, 0.25) is 5.60 Å². The van der Waals surface area contributed by atoms with Crippen molar-refractivity contribution >= 4 is 28.2 Å². The quantitative estimate of drug-likeness (QED) is 0.155. The van der Waals surface area contributed by atoms with Crippen molar-refractivity contribution in [3.63, 3.8) is 0 Å². The Kier molecular flexibility index (Phi) is 7.91. The minimum atomic E-state index is -5.09. The van der Waals surface area contributed by atoms with Gasteiger partial charge in [0.05, 0.1) is 30.0 Å². The highest BCUT2D eigenvalue weighted by Gasteiger charge is 2.56. The Morgan fingerprint density at radius 3 is 2.36 bits per heavy atom. The number of hydrogen-bond donors (Lipinski definition) is 2. The van der Waals surface area contributed by atoms with Crippen molar-refractivity contribution < 1.29 is 32.7 Å². The lowest BCUT2D eigenvalue weighted by Crippen LogP contribution is -2.47. The molecule has 0 saturated carbocycles. The molecule has 204 valence electrons. The Labute approximate surface area is 221 Å². The van der Waals surface area contributed by atoms with E-state index in [1.165, 1.54) is 35.0 Å². The van der Waals surface area contributed by atoms with Crippen LogP contribution in [0, 0.1) is 10.1 Å². The summed E-state index contributed by atoms with van der Waals surface area (Å²) in [4.78, 5) is 22.4. The van der Waals surface area contributed by atoms with Gasteiger partial charge in [-0.2, -0.15) is 13.2 Å². The van der Waals surface area contributed by atoms with Crippen LogP contribution in [-0.2, 0) is 28.1 Å². The first-order chi connectivity index (χ1) is 18.5. The number of rotatable bonds is 10. The molecule has 0 amide bonds. The van der Waals surface area contributed by atoms with Gasteiger partial charge in [-0.05, 0) is 36.2 Å². The molecular formula is C28H26F3N3O5. The number of non-ortho nitro benzene ring substituents is 1. The molecule has 4 rings (SSSR count). The molecule has 2 N–H and O–H groups in total. The van der Waals surface area contributed by atoms with Crippen LogP contribution in [0.1, 0.15) is 23.6 Å². The summed E-state index contributed by atoms with van der Waals surface area (Å²) in [6.07, 6.45) is -3.87. The fraction of sp³-hybridized carbons (Fsp3) is 0.250. The summed E-state index contributed by atoms with van der Waals surface area (Å²) in [5.74, 6) is -0.420. The number of anilines is 1. The Morgan fingerprint density at radius 1 is 1.05 bits per heavy atom. The molecule has 0 saturated heterocycles. The number of esters is 1. The summed E-state index contributed by atoms with van der Waals surface area (Å²) in [7, 11) is 0. The molecular weight excluding hydrogens is 515 g/mol. The third kappa shape index (κ3) is 6.04. The number of aliphatic hydroxyl groups is 1. The van der Waals surface area contributed by atoms with Gasteiger partial charge in [-0.1, -0.05) is 42.5 Å². The minimum absolute atomic E-state index is 0.0215. The van der Waals surface area contributed by atoms with Crippen LogP contribution in [0.3, 0.4) is 0 Å². The van der Waals surface area contributed by atoms with Crippen molar-refractivity contribution in [2.24, 2.45) is 0 Å². The van der Waals surface area contributed by atoms with Crippen molar-refractivity contribution in [3.05, 3.63) is 106 Å². The summed E-state index contributed by atoms with van der Waals surface area (Å²) in [6.45, 7) is 1.15. The molecule has 0 fully saturated rings.